The number of carbonyl (C=O) groups is 2. The van der Waals surface area contributed by atoms with Crippen LogP contribution in [0.4, 0.5) is 5.69 Å². The van der Waals surface area contributed by atoms with E-state index in [1.807, 2.05) is 0 Å². The number of halogens is 1. The van der Waals surface area contributed by atoms with Crippen LogP contribution in [0.3, 0.4) is 0 Å². The van der Waals surface area contributed by atoms with E-state index in [4.69, 9.17) is 5.11 Å². The van der Waals surface area contributed by atoms with E-state index in [0.29, 0.717) is 10.2 Å². The van der Waals surface area contributed by atoms with Crippen molar-refractivity contribution in [3.05, 3.63) is 46.3 Å². The maximum absolute atomic E-state index is 11.7. The summed E-state index contributed by atoms with van der Waals surface area (Å²) in [5.74, 6) is -1.53. The fraction of sp³-hybridized carbons (Fsp3) is 0. The molecule has 0 atom stereocenters. The number of rotatable bonds is 3. The van der Waals surface area contributed by atoms with Gasteiger partial charge in [-0.05, 0) is 18.2 Å². The summed E-state index contributed by atoms with van der Waals surface area (Å²) in [6.07, 6.45) is 1.35. The van der Waals surface area contributed by atoms with Gasteiger partial charge in [0.15, 0.2) is 0 Å². The second kappa shape index (κ2) is 5.01. The molecule has 2 aromatic rings. The summed E-state index contributed by atoms with van der Waals surface area (Å²) in [6.45, 7) is 0. The van der Waals surface area contributed by atoms with Gasteiger partial charge in [-0.1, -0.05) is 21.1 Å². The average molecular weight is 311 g/mol. The van der Waals surface area contributed by atoms with Gasteiger partial charge in [0.2, 0.25) is 5.76 Å². The van der Waals surface area contributed by atoms with Crippen LogP contribution in [-0.4, -0.2) is 22.1 Å². The van der Waals surface area contributed by atoms with E-state index >= 15 is 0 Å². The van der Waals surface area contributed by atoms with Gasteiger partial charge in [-0.25, -0.2) is 4.79 Å². The molecule has 0 bridgehead atoms. The Morgan fingerprint density at radius 3 is 2.72 bits per heavy atom. The van der Waals surface area contributed by atoms with Crippen molar-refractivity contribution in [1.29, 1.82) is 0 Å². The normalized spacial score (nSPS) is 10.1. The number of aromatic nitrogens is 1. The van der Waals surface area contributed by atoms with Crippen LogP contribution in [-0.2, 0) is 0 Å². The maximum Gasteiger partial charge on any atom is 0.335 e. The van der Waals surface area contributed by atoms with Crippen molar-refractivity contribution < 1.29 is 19.2 Å². The molecule has 92 valence electrons. The molecular weight excluding hydrogens is 304 g/mol. The number of nitrogens with zero attached hydrogens (tertiary/aromatic N) is 1. The van der Waals surface area contributed by atoms with Gasteiger partial charge in [-0.3, -0.25) is 4.79 Å². The van der Waals surface area contributed by atoms with E-state index < -0.39 is 11.9 Å². The highest BCUT2D eigenvalue weighted by atomic mass is 79.9. The van der Waals surface area contributed by atoms with E-state index in [-0.39, 0.29) is 11.3 Å². The van der Waals surface area contributed by atoms with E-state index in [1.54, 1.807) is 6.07 Å². The number of carboxylic acids is 1. The fourth-order valence-corrected chi connectivity index (χ4v) is 1.80. The minimum Gasteiger partial charge on any atom is -0.478 e. The van der Waals surface area contributed by atoms with Gasteiger partial charge >= 0.3 is 5.97 Å². The van der Waals surface area contributed by atoms with E-state index in [0.717, 1.165) is 0 Å². The predicted octanol–water partition coefficient (Wildman–Crippen LogP) is 2.39. The number of benzene rings is 1. The predicted molar refractivity (Wildman–Crippen MR) is 65.6 cm³/mol. The third-order valence-corrected chi connectivity index (χ3v) is 2.52. The largest absolute Gasteiger partial charge is 0.478 e. The van der Waals surface area contributed by atoms with E-state index in [2.05, 4.69) is 30.9 Å². The molecule has 0 fully saturated rings. The van der Waals surface area contributed by atoms with Crippen molar-refractivity contribution in [3.63, 3.8) is 0 Å². The summed E-state index contributed by atoms with van der Waals surface area (Å²) < 4.78 is 5.24. The molecule has 1 heterocycles. The van der Waals surface area contributed by atoms with E-state index in [1.165, 1.54) is 24.4 Å². The molecular formula is C11H7BrN2O4. The maximum atomic E-state index is 11.7. The summed E-state index contributed by atoms with van der Waals surface area (Å²) in [6, 6.07) is 5.78. The molecule has 1 aromatic carbocycles. The Bertz CT molecular complexity index is 595. The molecule has 0 saturated heterocycles. The van der Waals surface area contributed by atoms with Gasteiger partial charge in [0.25, 0.3) is 5.91 Å². The topological polar surface area (TPSA) is 92.4 Å². The molecule has 0 aliphatic heterocycles. The standard InChI is InChI=1S/C11H7BrN2O4/c12-7-3-6(11(16)17)4-8(5-7)14-10(15)9-1-2-13-18-9/h1-5H,(H,14,15)(H,16,17). The molecule has 1 amide bonds. The number of amides is 1. The molecule has 7 heteroatoms. The monoisotopic (exact) mass is 310 g/mol. The zero-order valence-corrected chi connectivity index (χ0v) is 10.5. The van der Waals surface area contributed by atoms with Crippen molar-refractivity contribution >= 4 is 33.5 Å². The Morgan fingerprint density at radius 1 is 1.33 bits per heavy atom. The number of anilines is 1. The zero-order valence-electron chi connectivity index (χ0n) is 8.88. The van der Waals surface area contributed by atoms with Crippen LogP contribution < -0.4 is 5.32 Å². The highest BCUT2D eigenvalue weighted by Gasteiger charge is 2.12. The number of aromatic carboxylic acids is 1. The van der Waals surface area contributed by atoms with Crippen molar-refractivity contribution in [2.75, 3.05) is 5.32 Å². The van der Waals surface area contributed by atoms with Gasteiger partial charge in [-0.2, -0.15) is 0 Å². The van der Waals surface area contributed by atoms with Crippen LogP contribution >= 0.6 is 15.9 Å². The Balaban J connectivity index is 2.24. The van der Waals surface area contributed by atoms with E-state index in [9.17, 15) is 9.59 Å². The minimum atomic E-state index is -1.08. The second-order valence-electron chi connectivity index (χ2n) is 3.36. The number of carbonyl (C=O) groups excluding carboxylic acids is 1. The van der Waals surface area contributed by atoms with Crippen LogP contribution in [0.5, 0.6) is 0 Å². The Labute approximate surface area is 110 Å². The van der Waals surface area contributed by atoms with Crippen LogP contribution in [0.15, 0.2) is 39.5 Å². The molecule has 0 unspecified atom stereocenters. The van der Waals surface area contributed by atoms with Crippen molar-refractivity contribution in [3.8, 4) is 0 Å². The Kier molecular flexibility index (Phi) is 3.42. The lowest BCUT2D eigenvalue weighted by atomic mass is 10.2. The summed E-state index contributed by atoms with van der Waals surface area (Å²) >= 11 is 3.17. The lowest BCUT2D eigenvalue weighted by molar-refractivity contribution is 0.0696. The minimum absolute atomic E-state index is 0.0480. The van der Waals surface area contributed by atoms with Crippen LogP contribution in [0, 0.1) is 0 Å². The third kappa shape index (κ3) is 2.75. The first-order valence-corrected chi connectivity index (χ1v) is 5.61. The molecule has 2 rings (SSSR count). The molecule has 0 saturated carbocycles. The average Bonchev–Trinajstić information content (AvgIpc) is 2.81. The number of carboxylic acid groups (broad SMARTS) is 1. The molecule has 0 spiro atoms. The smallest absolute Gasteiger partial charge is 0.335 e. The quantitative estimate of drug-likeness (QED) is 0.908. The molecule has 2 N–H and O–H groups in total. The SMILES string of the molecule is O=C(O)c1cc(Br)cc(NC(=O)c2ccno2)c1. The lowest BCUT2D eigenvalue weighted by Gasteiger charge is -2.05. The lowest BCUT2D eigenvalue weighted by Crippen LogP contribution is -2.11. The molecule has 0 radical (unpaired) electrons. The van der Waals surface area contributed by atoms with Gasteiger partial charge < -0.3 is 14.9 Å². The van der Waals surface area contributed by atoms with Gasteiger partial charge in [-0.15, -0.1) is 0 Å². The first-order valence-electron chi connectivity index (χ1n) is 4.82. The summed E-state index contributed by atoms with van der Waals surface area (Å²) in [4.78, 5) is 22.5. The van der Waals surface area contributed by atoms with Gasteiger partial charge in [0.1, 0.15) is 0 Å². The first-order chi connectivity index (χ1) is 8.56. The molecule has 0 aliphatic carbocycles. The second-order valence-corrected chi connectivity index (χ2v) is 4.28. The number of hydrogen-bond donors (Lipinski definition) is 2. The van der Waals surface area contributed by atoms with Crippen LogP contribution in [0.25, 0.3) is 0 Å². The van der Waals surface area contributed by atoms with Crippen LogP contribution in [0.1, 0.15) is 20.9 Å². The third-order valence-electron chi connectivity index (χ3n) is 2.06. The van der Waals surface area contributed by atoms with Crippen molar-refractivity contribution in [2.45, 2.75) is 0 Å². The fourth-order valence-electron chi connectivity index (χ4n) is 1.31. The Hall–Kier alpha value is -2.15. The summed E-state index contributed by atoms with van der Waals surface area (Å²) in [5, 5.41) is 14.8. The van der Waals surface area contributed by atoms with Crippen LogP contribution in [0.2, 0.25) is 0 Å². The first kappa shape index (κ1) is 12.3. The highest BCUT2D eigenvalue weighted by Crippen LogP contribution is 2.20. The molecule has 1 aromatic heterocycles. The molecule has 18 heavy (non-hydrogen) atoms. The molecule has 0 aliphatic rings. The van der Waals surface area contributed by atoms with Crippen molar-refractivity contribution in [1.82, 2.24) is 5.16 Å². The zero-order chi connectivity index (χ0) is 13.1. The van der Waals surface area contributed by atoms with Gasteiger partial charge in [0, 0.05) is 16.2 Å². The summed E-state index contributed by atoms with van der Waals surface area (Å²) in [7, 11) is 0. The number of hydrogen-bond acceptors (Lipinski definition) is 4. The van der Waals surface area contributed by atoms with Crippen molar-refractivity contribution in [2.24, 2.45) is 0 Å². The highest BCUT2D eigenvalue weighted by molar-refractivity contribution is 9.10. The summed E-state index contributed by atoms with van der Waals surface area (Å²) in [5.41, 5.74) is 0.417. The Morgan fingerprint density at radius 2 is 2.11 bits per heavy atom. The molecule has 6 nitrogen and oxygen atoms in total. The van der Waals surface area contributed by atoms with Gasteiger partial charge in [0.05, 0.1) is 11.8 Å². The number of nitrogens with one attached hydrogen (secondary N) is 1.